The minimum atomic E-state index is -0.264. The van der Waals surface area contributed by atoms with Gasteiger partial charge in [0.2, 0.25) is 5.95 Å². The molecule has 3 aromatic heterocycles. The maximum Gasteiger partial charge on any atom is 0.267 e. The van der Waals surface area contributed by atoms with Crippen molar-refractivity contribution in [2.24, 2.45) is 0 Å². The molecule has 0 aliphatic heterocycles. The van der Waals surface area contributed by atoms with Gasteiger partial charge in [0.25, 0.3) is 5.56 Å². The highest BCUT2D eigenvalue weighted by molar-refractivity contribution is 6.35. The molecule has 0 aliphatic carbocycles. The maximum absolute atomic E-state index is 13.3. The number of hydrogen-bond acceptors (Lipinski definition) is 9. The van der Waals surface area contributed by atoms with Crippen molar-refractivity contribution in [1.29, 1.82) is 5.26 Å². The van der Waals surface area contributed by atoms with Gasteiger partial charge in [-0.2, -0.15) is 15.2 Å². The molecular formula is C21H18ClN9O. The summed E-state index contributed by atoms with van der Waals surface area (Å²) in [7, 11) is 0. The molecule has 0 saturated carbocycles. The Morgan fingerprint density at radius 2 is 2.00 bits per heavy atom. The second-order valence-corrected chi connectivity index (χ2v) is 7.25. The molecule has 0 bridgehead atoms. The Hall–Kier alpha value is -4.23. The number of nitrogens with two attached hydrogens (primary N) is 2. The third-order valence-electron chi connectivity index (χ3n) is 4.76. The van der Waals surface area contributed by atoms with Crippen LogP contribution < -0.4 is 22.3 Å². The van der Waals surface area contributed by atoms with Crippen molar-refractivity contribution in [3.05, 3.63) is 69.5 Å². The van der Waals surface area contributed by atoms with E-state index in [2.05, 4.69) is 25.3 Å². The van der Waals surface area contributed by atoms with E-state index in [-0.39, 0.29) is 28.7 Å². The molecule has 0 saturated heterocycles. The van der Waals surface area contributed by atoms with Crippen LogP contribution in [0.25, 0.3) is 16.6 Å². The lowest BCUT2D eigenvalue weighted by Crippen LogP contribution is -2.24. The van der Waals surface area contributed by atoms with E-state index in [0.29, 0.717) is 46.8 Å². The molecule has 4 rings (SSSR count). The second-order valence-electron chi connectivity index (χ2n) is 6.85. The summed E-state index contributed by atoms with van der Waals surface area (Å²) in [4.78, 5) is 29.9. The summed E-state index contributed by atoms with van der Waals surface area (Å²) in [6.07, 6.45) is 4.26. The van der Waals surface area contributed by atoms with Crippen molar-refractivity contribution >= 4 is 40.1 Å². The number of anilines is 3. The van der Waals surface area contributed by atoms with Gasteiger partial charge in [0.05, 0.1) is 27.8 Å². The summed E-state index contributed by atoms with van der Waals surface area (Å²) < 4.78 is 1.52. The van der Waals surface area contributed by atoms with Crippen molar-refractivity contribution < 1.29 is 0 Å². The molecule has 5 N–H and O–H groups in total. The molecule has 11 heteroatoms. The van der Waals surface area contributed by atoms with E-state index in [1.54, 1.807) is 42.7 Å². The van der Waals surface area contributed by atoms with Gasteiger partial charge in [-0.25, -0.2) is 4.98 Å². The van der Waals surface area contributed by atoms with Gasteiger partial charge < -0.3 is 16.8 Å². The van der Waals surface area contributed by atoms with E-state index >= 15 is 0 Å². The van der Waals surface area contributed by atoms with E-state index in [4.69, 9.17) is 23.1 Å². The summed E-state index contributed by atoms with van der Waals surface area (Å²) in [5.41, 5.74) is 12.3. The van der Waals surface area contributed by atoms with Gasteiger partial charge in [-0.05, 0) is 30.7 Å². The van der Waals surface area contributed by atoms with Crippen LogP contribution in [0.1, 0.15) is 17.8 Å². The number of hydrogen-bond donors (Lipinski definition) is 3. The van der Waals surface area contributed by atoms with Gasteiger partial charge in [0.15, 0.2) is 5.82 Å². The lowest BCUT2D eigenvalue weighted by atomic mass is 10.2. The average molecular weight is 448 g/mol. The first kappa shape index (κ1) is 21.0. The molecule has 0 aliphatic rings. The lowest BCUT2D eigenvalue weighted by molar-refractivity contribution is 0.752. The predicted molar refractivity (Wildman–Crippen MR) is 123 cm³/mol. The highest BCUT2D eigenvalue weighted by Crippen LogP contribution is 2.21. The Morgan fingerprint density at radius 1 is 1.16 bits per heavy atom. The molecule has 0 radical (unpaired) electrons. The number of pyridine rings is 1. The second kappa shape index (κ2) is 8.87. The van der Waals surface area contributed by atoms with E-state index in [1.165, 1.54) is 4.57 Å². The summed E-state index contributed by atoms with van der Waals surface area (Å²) >= 11 is 6.29. The van der Waals surface area contributed by atoms with E-state index in [1.807, 2.05) is 6.07 Å². The number of rotatable bonds is 6. The number of halogens is 1. The zero-order valence-corrected chi connectivity index (χ0v) is 17.5. The van der Waals surface area contributed by atoms with Crippen LogP contribution in [0.15, 0.2) is 47.5 Å². The number of nitrogens with one attached hydrogen (secondary N) is 1. The SMILES string of the molecule is N#Cc1c(N)nc(N)nc1NCCCc1nc2cccc(Cl)c2c(=O)n1-c1cccnc1. The van der Waals surface area contributed by atoms with Crippen LogP contribution in [0.5, 0.6) is 0 Å². The van der Waals surface area contributed by atoms with Crippen LogP contribution in [-0.2, 0) is 6.42 Å². The minimum absolute atomic E-state index is 0.0148. The molecule has 1 aromatic carbocycles. The van der Waals surface area contributed by atoms with Crippen LogP contribution in [0.3, 0.4) is 0 Å². The van der Waals surface area contributed by atoms with Crippen molar-refractivity contribution in [3.63, 3.8) is 0 Å². The van der Waals surface area contributed by atoms with Gasteiger partial charge in [-0.1, -0.05) is 17.7 Å². The predicted octanol–water partition coefficient (Wildman–Crippen LogP) is 2.30. The van der Waals surface area contributed by atoms with Crippen molar-refractivity contribution in [2.75, 3.05) is 23.3 Å². The number of fused-ring (bicyclic) bond motifs is 1. The van der Waals surface area contributed by atoms with Gasteiger partial charge >= 0.3 is 0 Å². The number of nitriles is 1. The highest BCUT2D eigenvalue weighted by Gasteiger charge is 2.15. The van der Waals surface area contributed by atoms with E-state index in [9.17, 15) is 10.1 Å². The number of aromatic nitrogens is 5. The van der Waals surface area contributed by atoms with Crippen molar-refractivity contribution in [2.45, 2.75) is 12.8 Å². The number of nitrogen functional groups attached to an aromatic ring is 2. The quantitative estimate of drug-likeness (QED) is 0.376. The topological polar surface area (TPSA) is 161 Å². The number of benzene rings is 1. The molecule has 0 unspecified atom stereocenters. The van der Waals surface area contributed by atoms with Crippen LogP contribution in [0.2, 0.25) is 5.02 Å². The minimum Gasteiger partial charge on any atom is -0.382 e. The molecule has 3 heterocycles. The lowest BCUT2D eigenvalue weighted by Gasteiger charge is -2.14. The largest absolute Gasteiger partial charge is 0.382 e. The standard InChI is InChI=1S/C21H18ClN9O/c22-14-5-1-6-15-17(14)20(32)31(12-4-2-8-26-11-12)16(28-15)7-3-9-27-19-13(10-23)18(24)29-21(25)30-19/h1-2,4-6,8,11H,3,7,9H2,(H5,24,25,27,29,30). The number of aryl methyl sites for hydroxylation is 1. The third kappa shape index (κ3) is 4.01. The molecular weight excluding hydrogens is 430 g/mol. The maximum atomic E-state index is 13.3. The van der Waals surface area contributed by atoms with E-state index in [0.717, 1.165) is 0 Å². The molecule has 0 spiro atoms. The average Bonchev–Trinajstić information content (AvgIpc) is 2.77. The Morgan fingerprint density at radius 3 is 2.75 bits per heavy atom. The van der Waals surface area contributed by atoms with Gasteiger partial charge in [0, 0.05) is 19.2 Å². The molecule has 10 nitrogen and oxygen atoms in total. The van der Waals surface area contributed by atoms with Crippen molar-refractivity contribution in [3.8, 4) is 11.8 Å². The fraction of sp³-hybridized carbons (Fsp3) is 0.143. The molecule has 0 atom stereocenters. The zero-order valence-electron chi connectivity index (χ0n) is 16.8. The van der Waals surface area contributed by atoms with Gasteiger partial charge in [0.1, 0.15) is 23.3 Å². The Kier molecular flexibility index (Phi) is 5.83. The monoisotopic (exact) mass is 447 g/mol. The molecule has 0 fully saturated rings. The summed E-state index contributed by atoms with van der Waals surface area (Å²) in [5, 5.41) is 13.0. The molecule has 0 amide bonds. The first-order valence-corrected chi connectivity index (χ1v) is 10.0. The summed E-state index contributed by atoms with van der Waals surface area (Å²) in [6.45, 7) is 0.432. The first-order valence-electron chi connectivity index (χ1n) is 9.67. The Bertz CT molecular complexity index is 1400. The fourth-order valence-corrected chi connectivity index (χ4v) is 3.59. The Balaban J connectivity index is 1.64. The van der Waals surface area contributed by atoms with Crippen LogP contribution >= 0.6 is 11.6 Å². The fourth-order valence-electron chi connectivity index (χ4n) is 3.34. The van der Waals surface area contributed by atoms with Gasteiger partial charge in [-0.3, -0.25) is 14.3 Å². The smallest absolute Gasteiger partial charge is 0.267 e. The molecule has 4 aromatic rings. The molecule has 160 valence electrons. The summed E-state index contributed by atoms with van der Waals surface area (Å²) in [6, 6.07) is 10.7. The first-order chi connectivity index (χ1) is 15.5. The van der Waals surface area contributed by atoms with Gasteiger partial charge in [-0.15, -0.1) is 0 Å². The molecule has 32 heavy (non-hydrogen) atoms. The Labute approximate surface area is 187 Å². The van der Waals surface area contributed by atoms with Crippen molar-refractivity contribution in [1.82, 2.24) is 24.5 Å². The van der Waals surface area contributed by atoms with Crippen LogP contribution in [0.4, 0.5) is 17.6 Å². The van der Waals surface area contributed by atoms with E-state index < -0.39 is 0 Å². The third-order valence-corrected chi connectivity index (χ3v) is 5.07. The summed E-state index contributed by atoms with van der Waals surface area (Å²) in [5.74, 6) is 0.811. The highest BCUT2D eigenvalue weighted by atomic mass is 35.5. The number of nitrogens with zero attached hydrogens (tertiary/aromatic N) is 6. The normalized spacial score (nSPS) is 10.8. The van der Waals surface area contributed by atoms with Crippen LogP contribution in [-0.4, -0.2) is 31.0 Å². The zero-order chi connectivity index (χ0) is 22.7. The van der Waals surface area contributed by atoms with Crippen LogP contribution in [0, 0.1) is 11.3 Å².